The number of hydrogen-bond acceptors (Lipinski definition) is 2. The number of Topliss-reactive ketones (excluding diaryl/α,β-unsaturated/α-hetero) is 1. The fourth-order valence-electron chi connectivity index (χ4n) is 2.71. The molecule has 0 N–H and O–H groups in total. The molecule has 1 saturated heterocycles. The maximum Gasteiger partial charge on any atom is 0.254 e. The van der Waals surface area contributed by atoms with E-state index in [-0.39, 0.29) is 17.6 Å². The molecule has 1 aromatic rings. The molecular weight excluding hydrogens is 238 g/mol. The molecule has 0 aliphatic carbocycles. The maximum atomic E-state index is 12.4. The first kappa shape index (κ1) is 13.8. The SMILES string of the molecule is CC(=O)C1CCN(C(=O)c2ccc(C)cc2C)CC1. The molecule has 1 aliphatic heterocycles. The summed E-state index contributed by atoms with van der Waals surface area (Å²) in [6, 6.07) is 5.92. The minimum absolute atomic E-state index is 0.0968. The first-order chi connectivity index (χ1) is 8.99. The van der Waals surface area contributed by atoms with E-state index in [0.29, 0.717) is 13.1 Å². The fraction of sp³-hybridized carbons (Fsp3) is 0.500. The highest BCUT2D eigenvalue weighted by molar-refractivity contribution is 5.95. The zero-order chi connectivity index (χ0) is 14.0. The van der Waals surface area contributed by atoms with E-state index >= 15 is 0 Å². The summed E-state index contributed by atoms with van der Waals surface area (Å²) in [6.07, 6.45) is 1.60. The van der Waals surface area contributed by atoms with Gasteiger partial charge in [0.1, 0.15) is 5.78 Å². The molecule has 0 saturated carbocycles. The summed E-state index contributed by atoms with van der Waals surface area (Å²) in [6.45, 7) is 7.03. The van der Waals surface area contributed by atoms with Gasteiger partial charge in [0, 0.05) is 24.6 Å². The average molecular weight is 259 g/mol. The van der Waals surface area contributed by atoms with Gasteiger partial charge in [-0.3, -0.25) is 9.59 Å². The van der Waals surface area contributed by atoms with Crippen molar-refractivity contribution in [3.8, 4) is 0 Å². The summed E-state index contributed by atoms with van der Waals surface area (Å²) >= 11 is 0. The predicted molar refractivity (Wildman–Crippen MR) is 75.2 cm³/mol. The number of carbonyl (C=O) groups excluding carboxylic acids is 2. The molecule has 0 radical (unpaired) electrons. The van der Waals surface area contributed by atoms with Crippen molar-refractivity contribution in [3.05, 3.63) is 34.9 Å². The largest absolute Gasteiger partial charge is 0.339 e. The molecule has 0 unspecified atom stereocenters. The van der Waals surface area contributed by atoms with Crippen molar-refractivity contribution in [2.75, 3.05) is 13.1 Å². The van der Waals surface area contributed by atoms with Crippen molar-refractivity contribution in [2.24, 2.45) is 5.92 Å². The Morgan fingerprint density at radius 1 is 1.16 bits per heavy atom. The second kappa shape index (κ2) is 5.55. The fourth-order valence-corrected chi connectivity index (χ4v) is 2.71. The summed E-state index contributed by atoms with van der Waals surface area (Å²) in [4.78, 5) is 25.7. The molecule has 0 spiro atoms. The molecule has 1 amide bonds. The minimum Gasteiger partial charge on any atom is -0.339 e. The van der Waals surface area contributed by atoms with Crippen LogP contribution in [0.3, 0.4) is 0 Å². The van der Waals surface area contributed by atoms with Crippen molar-refractivity contribution in [1.82, 2.24) is 4.90 Å². The summed E-state index contributed by atoms with van der Waals surface area (Å²) in [5.41, 5.74) is 2.98. The summed E-state index contributed by atoms with van der Waals surface area (Å²) in [7, 11) is 0. The molecule has 19 heavy (non-hydrogen) atoms. The highest BCUT2D eigenvalue weighted by Crippen LogP contribution is 2.21. The molecule has 0 atom stereocenters. The van der Waals surface area contributed by atoms with Crippen LogP contribution in [0.2, 0.25) is 0 Å². The van der Waals surface area contributed by atoms with Crippen LogP contribution >= 0.6 is 0 Å². The molecule has 1 fully saturated rings. The van der Waals surface area contributed by atoms with Gasteiger partial charge in [-0.2, -0.15) is 0 Å². The van der Waals surface area contributed by atoms with Gasteiger partial charge in [-0.25, -0.2) is 0 Å². The van der Waals surface area contributed by atoms with Gasteiger partial charge in [0.2, 0.25) is 0 Å². The van der Waals surface area contributed by atoms with Gasteiger partial charge < -0.3 is 4.90 Å². The van der Waals surface area contributed by atoms with Crippen LogP contribution in [0, 0.1) is 19.8 Å². The number of rotatable bonds is 2. The molecule has 1 aliphatic rings. The number of ketones is 1. The third-order valence-corrected chi connectivity index (χ3v) is 3.97. The summed E-state index contributed by atoms with van der Waals surface area (Å²) in [5, 5.41) is 0. The van der Waals surface area contributed by atoms with E-state index < -0.39 is 0 Å². The van der Waals surface area contributed by atoms with Crippen LogP contribution in [-0.4, -0.2) is 29.7 Å². The third kappa shape index (κ3) is 3.03. The van der Waals surface area contributed by atoms with Crippen LogP contribution in [0.25, 0.3) is 0 Å². The molecule has 0 bridgehead atoms. The lowest BCUT2D eigenvalue weighted by molar-refractivity contribution is -0.121. The van der Waals surface area contributed by atoms with Gasteiger partial charge in [0.05, 0.1) is 0 Å². The zero-order valence-electron chi connectivity index (χ0n) is 11.9. The summed E-state index contributed by atoms with van der Waals surface area (Å²) in [5.74, 6) is 0.487. The monoisotopic (exact) mass is 259 g/mol. The van der Waals surface area contributed by atoms with Gasteiger partial charge in [-0.1, -0.05) is 17.7 Å². The molecule has 102 valence electrons. The average Bonchev–Trinajstić information content (AvgIpc) is 2.38. The van der Waals surface area contributed by atoms with Crippen molar-refractivity contribution in [3.63, 3.8) is 0 Å². The van der Waals surface area contributed by atoms with Crippen molar-refractivity contribution in [1.29, 1.82) is 0 Å². The normalized spacial score (nSPS) is 16.5. The van der Waals surface area contributed by atoms with Crippen LogP contribution < -0.4 is 0 Å². The quantitative estimate of drug-likeness (QED) is 0.819. The number of amides is 1. The van der Waals surface area contributed by atoms with Gasteiger partial charge >= 0.3 is 0 Å². The van der Waals surface area contributed by atoms with Crippen LogP contribution in [0.1, 0.15) is 41.3 Å². The van der Waals surface area contributed by atoms with E-state index in [1.807, 2.05) is 36.9 Å². The van der Waals surface area contributed by atoms with Crippen LogP contribution in [0.5, 0.6) is 0 Å². The maximum absolute atomic E-state index is 12.4. The molecule has 1 heterocycles. The Labute approximate surface area is 114 Å². The van der Waals surface area contributed by atoms with Gasteiger partial charge in [-0.05, 0) is 45.2 Å². The minimum atomic E-state index is 0.0968. The molecule has 0 aromatic heterocycles. The molecule has 3 nitrogen and oxygen atoms in total. The molecule has 1 aromatic carbocycles. The second-order valence-electron chi connectivity index (χ2n) is 5.50. The van der Waals surface area contributed by atoms with Gasteiger partial charge in [-0.15, -0.1) is 0 Å². The standard InChI is InChI=1S/C16H21NO2/c1-11-4-5-15(12(2)10-11)16(19)17-8-6-14(7-9-17)13(3)18/h4-5,10,14H,6-9H2,1-3H3. The Morgan fingerprint density at radius 3 is 2.32 bits per heavy atom. The van der Waals surface area contributed by atoms with E-state index in [1.165, 1.54) is 5.56 Å². The highest BCUT2D eigenvalue weighted by atomic mass is 16.2. The Balaban J connectivity index is 2.07. The first-order valence-corrected chi connectivity index (χ1v) is 6.86. The van der Waals surface area contributed by atoms with Crippen molar-refractivity contribution >= 4 is 11.7 Å². The zero-order valence-corrected chi connectivity index (χ0v) is 11.9. The lowest BCUT2D eigenvalue weighted by Crippen LogP contribution is -2.40. The predicted octanol–water partition coefficient (Wildman–Crippen LogP) is 2.74. The van der Waals surface area contributed by atoms with Crippen LogP contribution in [0.4, 0.5) is 0 Å². The molecular formula is C16H21NO2. The van der Waals surface area contributed by atoms with Gasteiger partial charge in [0.25, 0.3) is 5.91 Å². The van der Waals surface area contributed by atoms with E-state index in [1.54, 1.807) is 6.92 Å². The van der Waals surface area contributed by atoms with Crippen LogP contribution in [-0.2, 0) is 4.79 Å². The molecule has 2 rings (SSSR count). The Kier molecular flexibility index (Phi) is 4.03. The number of benzene rings is 1. The Hall–Kier alpha value is -1.64. The topological polar surface area (TPSA) is 37.4 Å². The van der Waals surface area contributed by atoms with E-state index in [4.69, 9.17) is 0 Å². The van der Waals surface area contributed by atoms with Crippen molar-refractivity contribution < 1.29 is 9.59 Å². The number of piperidine rings is 1. The lowest BCUT2D eigenvalue weighted by atomic mass is 9.92. The number of nitrogens with zero attached hydrogens (tertiary/aromatic N) is 1. The Bertz CT molecular complexity index is 499. The van der Waals surface area contributed by atoms with Gasteiger partial charge in [0.15, 0.2) is 0 Å². The number of aryl methyl sites for hydroxylation is 2. The molecule has 3 heteroatoms. The van der Waals surface area contributed by atoms with E-state index in [0.717, 1.165) is 24.0 Å². The summed E-state index contributed by atoms with van der Waals surface area (Å²) < 4.78 is 0. The number of likely N-dealkylation sites (tertiary alicyclic amines) is 1. The van der Waals surface area contributed by atoms with Crippen molar-refractivity contribution in [2.45, 2.75) is 33.6 Å². The lowest BCUT2D eigenvalue weighted by Gasteiger charge is -2.31. The number of hydrogen-bond donors (Lipinski definition) is 0. The van der Waals surface area contributed by atoms with Crippen LogP contribution in [0.15, 0.2) is 18.2 Å². The third-order valence-electron chi connectivity index (χ3n) is 3.97. The van der Waals surface area contributed by atoms with E-state index in [9.17, 15) is 9.59 Å². The first-order valence-electron chi connectivity index (χ1n) is 6.86. The van der Waals surface area contributed by atoms with E-state index in [2.05, 4.69) is 0 Å². The second-order valence-corrected chi connectivity index (χ2v) is 5.50. The Morgan fingerprint density at radius 2 is 1.79 bits per heavy atom. The highest BCUT2D eigenvalue weighted by Gasteiger charge is 2.26. The number of carbonyl (C=O) groups is 2. The smallest absolute Gasteiger partial charge is 0.254 e.